The molecule has 0 spiro atoms. The van der Waals surface area contributed by atoms with Crippen molar-refractivity contribution < 1.29 is 9.13 Å². The highest BCUT2D eigenvalue weighted by Gasteiger charge is 2.21. The number of methoxy groups -OCH3 is 1. The van der Waals surface area contributed by atoms with Gasteiger partial charge in [-0.1, -0.05) is 38.7 Å². The molecule has 0 bridgehead atoms. The molecule has 19 heavy (non-hydrogen) atoms. The van der Waals surface area contributed by atoms with Gasteiger partial charge in [-0.25, -0.2) is 4.39 Å². The van der Waals surface area contributed by atoms with Crippen LogP contribution in [0, 0.1) is 17.7 Å². The van der Waals surface area contributed by atoms with Crippen molar-refractivity contribution >= 4 is 0 Å². The summed E-state index contributed by atoms with van der Waals surface area (Å²) in [5.41, 5.74) is 1.11. The molecule has 2 heteroatoms. The van der Waals surface area contributed by atoms with Crippen LogP contribution < -0.4 is 4.74 Å². The molecule has 0 N–H and O–H groups in total. The second-order valence-corrected chi connectivity index (χ2v) is 5.85. The first-order chi connectivity index (χ1) is 9.22. The van der Waals surface area contributed by atoms with E-state index < -0.39 is 0 Å². The molecule has 1 saturated carbocycles. The third-order valence-corrected chi connectivity index (χ3v) is 4.40. The molecular weight excluding hydrogens is 239 g/mol. The molecule has 1 aromatic rings. The lowest BCUT2D eigenvalue weighted by Gasteiger charge is -2.28. The summed E-state index contributed by atoms with van der Waals surface area (Å²) in [6.07, 6.45) is 9.02. The van der Waals surface area contributed by atoms with Crippen molar-refractivity contribution in [1.29, 1.82) is 0 Å². The predicted octanol–water partition coefficient (Wildman–Crippen LogP) is 4.98. The second kappa shape index (κ2) is 6.93. The minimum atomic E-state index is -0.236. The highest BCUT2D eigenvalue weighted by molar-refractivity contribution is 5.29. The molecule has 1 fully saturated rings. The van der Waals surface area contributed by atoms with Gasteiger partial charge in [0.15, 0.2) is 11.6 Å². The fourth-order valence-electron chi connectivity index (χ4n) is 3.30. The normalized spacial score (nSPS) is 23.3. The van der Waals surface area contributed by atoms with E-state index in [-0.39, 0.29) is 5.82 Å². The average Bonchev–Trinajstić information content (AvgIpc) is 2.42. The van der Waals surface area contributed by atoms with E-state index in [1.165, 1.54) is 45.6 Å². The molecule has 1 nitrogen and oxygen atoms in total. The third-order valence-electron chi connectivity index (χ3n) is 4.40. The molecule has 0 amide bonds. The minimum Gasteiger partial charge on any atom is -0.494 e. The lowest BCUT2D eigenvalue weighted by Crippen LogP contribution is -2.16. The zero-order chi connectivity index (χ0) is 13.7. The zero-order valence-corrected chi connectivity index (χ0v) is 12.1. The molecule has 0 heterocycles. The van der Waals surface area contributed by atoms with Gasteiger partial charge in [-0.3, -0.25) is 0 Å². The van der Waals surface area contributed by atoms with Gasteiger partial charge in [0.25, 0.3) is 0 Å². The standard InChI is InChI=1S/C17H25FO/c1-3-4-13-5-7-14(8-6-13)11-15-9-10-17(19-2)16(18)12-15/h9-10,12-14H,3-8,11H2,1-2H3. The van der Waals surface area contributed by atoms with Gasteiger partial charge in [-0.05, 0) is 48.8 Å². The van der Waals surface area contributed by atoms with Crippen LogP contribution in [0.2, 0.25) is 0 Å². The lowest BCUT2D eigenvalue weighted by molar-refractivity contribution is 0.261. The van der Waals surface area contributed by atoms with E-state index in [0.717, 1.165) is 23.8 Å². The van der Waals surface area contributed by atoms with Gasteiger partial charge in [0.2, 0.25) is 0 Å². The van der Waals surface area contributed by atoms with Crippen molar-refractivity contribution in [2.75, 3.05) is 7.11 Å². The summed E-state index contributed by atoms with van der Waals surface area (Å²) in [4.78, 5) is 0. The number of halogens is 1. The van der Waals surface area contributed by atoms with E-state index >= 15 is 0 Å². The molecule has 1 aliphatic rings. The maximum Gasteiger partial charge on any atom is 0.165 e. The first kappa shape index (κ1) is 14.4. The summed E-state index contributed by atoms with van der Waals surface area (Å²) in [5, 5.41) is 0. The van der Waals surface area contributed by atoms with E-state index in [2.05, 4.69) is 6.92 Å². The Morgan fingerprint density at radius 2 is 1.84 bits per heavy atom. The molecular formula is C17H25FO. The van der Waals surface area contributed by atoms with E-state index in [4.69, 9.17) is 4.74 Å². The predicted molar refractivity (Wildman–Crippen MR) is 77.0 cm³/mol. The van der Waals surface area contributed by atoms with Crippen LogP contribution >= 0.6 is 0 Å². The molecule has 0 saturated heterocycles. The van der Waals surface area contributed by atoms with Crippen LogP contribution in [-0.2, 0) is 6.42 Å². The molecule has 0 radical (unpaired) electrons. The Kier molecular flexibility index (Phi) is 5.24. The first-order valence-electron chi connectivity index (χ1n) is 7.55. The summed E-state index contributed by atoms with van der Waals surface area (Å²) in [7, 11) is 1.51. The van der Waals surface area contributed by atoms with Crippen LogP contribution in [0.5, 0.6) is 5.75 Å². The van der Waals surface area contributed by atoms with Crippen molar-refractivity contribution in [2.24, 2.45) is 11.8 Å². The number of hydrogen-bond donors (Lipinski definition) is 0. The van der Waals surface area contributed by atoms with Crippen LogP contribution in [0.4, 0.5) is 4.39 Å². The first-order valence-corrected chi connectivity index (χ1v) is 7.55. The molecule has 106 valence electrons. The van der Waals surface area contributed by atoms with E-state index in [1.807, 2.05) is 6.07 Å². The van der Waals surface area contributed by atoms with Crippen LogP contribution in [0.25, 0.3) is 0 Å². The fourth-order valence-corrected chi connectivity index (χ4v) is 3.30. The summed E-state index contributed by atoms with van der Waals surface area (Å²) in [6.45, 7) is 2.27. The van der Waals surface area contributed by atoms with Gasteiger partial charge >= 0.3 is 0 Å². The maximum atomic E-state index is 13.6. The van der Waals surface area contributed by atoms with E-state index in [9.17, 15) is 4.39 Å². The number of rotatable bonds is 5. The van der Waals surface area contributed by atoms with Gasteiger partial charge in [0.1, 0.15) is 0 Å². The van der Waals surface area contributed by atoms with Crippen molar-refractivity contribution in [3.05, 3.63) is 29.6 Å². The Hall–Kier alpha value is -1.05. The number of benzene rings is 1. The van der Waals surface area contributed by atoms with Crippen LogP contribution in [-0.4, -0.2) is 7.11 Å². The highest BCUT2D eigenvalue weighted by atomic mass is 19.1. The topological polar surface area (TPSA) is 9.23 Å². The molecule has 0 aliphatic heterocycles. The Bertz CT molecular complexity index is 394. The number of ether oxygens (including phenoxy) is 1. The highest BCUT2D eigenvalue weighted by Crippen LogP contribution is 2.33. The zero-order valence-electron chi connectivity index (χ0n) is 12.1. The summed E-state index contributed by atoms with van der Waals surface area (Å²) in [5.74, 6) is 1.78. The number of hydrogen-bond acceptors (Lipinski definition) is 1. The molecule has 0 unspecified atom stereocenters. The van der Waals surface area contributed by atoms with Crippen molar-refractivity contribution in [3.8, 4) is 5.75 Å². The quantitative estimate of drug-likeness (QED) is 0.728. The van der Waals surface area contributed by atoms with Gasteiger partial charge in [-0.2, -0.15) is 0 Å². The third kappa shape index (κ3) is 3.95. The molecule has 1 aromatic carbocycles. The SMILES string of the molecule is CCCC1CCC(Cc2ccc(OC)c(F)c2)CC1. The second-order valence-electron chi connectivity index (χ2n) is 5.85. The fraction of sp³-hybridized carbons (Fsp3) is 0.647. The summed E-state index contributed by atoms with van der Waals surface area (Å²) in [6, 6.07) is 5.38. The van der Waals surface area contributed by atoms with Crippen LogP contribution in [0.3, 0.4) is 0 Å². The van der Waals surface area contributed by atoms with Gasteiger partial charge < -0.3 is 4.74 Å². The van der Waals surface area contributed by atoms with Gasteiger partial charge in [0.05, 0.1) is 7.11 Å². The largest absolute Gasteiger partial charge is 0.494 e. The van der Waals surface area contributed by atoms with Gasteiger partial charge in [0, 0.05) is 0 Å². The molecule has 0 atom stereocenters. The van der Waals surface area contributed by atoms with Crippen LogP contribution in [0.15, 0.2) is 18.2 Å². The van der Waals surface area contributed by atoms with Crippen LogP contribution in [0.1, 0.15) is 51.0 Å². The Balaban J connectivity index is 1.87. The molecule has 0 aromatic heterocycles. The van der Waals surface area contributed by atoms with E-state index in [0.29, 0.717) is 5.75 Å². The smallest absolute Gasteiger partial charge is 0.165 e. The lowest BCUT2D eigenvalue weighted by atomic mass is 9.78. The van der Waals surface area contributed by atoms with Crippen molar-refractivity contribution in [1.82, 2.24) is 0 Å². The summed E-state index contributed by atoms with van der Waals surface area (Å²) >= 11 is 0. The molecule has 2 rings (SSSR count). The Labute approximate surface area is 116 Å². The van der Waals surface area contributed by atoms with Crippen molar-refractivity contribution in [2.45, 2.75) is 51.9 Å². The summed E-state index contributed by atoms with van der Waals surface area (Å²) < 4.78 is 18.6. The van der Waals surface area contributed by atoms with Gasteiger partial charge in [-0.15, -0.1) is 0 Å². The Morgan fingerprint density at radius 3 is 2.42 bits per heavy atom. The maximum absolute atomic E-state index is 13.6. The Morgan fingerprint density at radius 1 is 1.16 bits per heavy atom. The molecule has 1 aliphatic carbocycles. The van der Waals surface area contributed by atoms with Crippen molar-refractivity contribution in [3.63, 3.8) is 0 Å². The monoisotopic (exact) mass is 264 g/mol. The van der Waals surface area contributed by atoms with E-state index in [1.54, 1.807) is 12.1 Å². The average molecular weight is 264 g/mol. The minimum absolute atomic E-state index is 0.236.